The SMILES string of the molecule is COC(=O)c1cc(Br)c(C(F)F)nc1C#N. The second-order valence-electron chi connectivity index (χ2n) is 2.66. The first-order chi connectivity index (χ1) is 7.51. The van der Waals surface area contributed by atoms with E-state index in [0.29, 0.717) is 0 Å². The molecule has 0 N–H and O–H groups in total. The minimum atomic E-state index is -2.83. The van der Waals surface area contributed by atoms with Crippen LogP contribution in [0.4, 0.5) is 8.78 Å². The maximum atomic E-state index is 12.4. The van der Waals surface area contributed by atoms with Crippen LogP contribution in [0.3, 0.4) is 0 Å². The van der Waals surface area contributed by atoms with Crippen LogP contribution in [0.15, 0.2) is 10.5 Å². The number of hydrogen-bond acceptors (Lipinski definition) is 4. The molecule has 1 rings (SSSR count). The van der Waals surface area contributed by atoms with Crippen LogP contribution in [-0.2, 0) is 4.74 Å². The van der Waals surface area contributed by atoms with Crippen molar-refractivity contribution in [2.75, 3.05) is 7.11 Å². The minimum Gasteiger partial charge on any atom is -0.465 e. The highest BCUT2D eigenvalue weighted by molar-refractivity contribution is 9.10. The van der Waals surface area contributed by atoms with Gasteiger partial charge in [-0.25, -0.2) is 18.6 Å². The predicted octanol–water partition coefficient (Wildman–Crippen LogP) is 2.44. The van der Waals surface area contributed by atoms with Crippen molar-refractivity contribution >= 4 is 21.9 Å². The molecule has 0 unspecified atom stereocenters. The van der Waals surface area contributed by atoms with E-state index in [1.807, 2.05) is 0 Å². The average Bonchev–Trinajstić information content (AvgIpc) is 2.27. The molecule has 0 bridgehead atoms. The standard InChI is InChI=1S/C9H5BrF2N2O2/c1-16-9(15)4-2-5(10)7(8(11)12)14-6(4)3-13/h2,8H,1H3. The third-order valence-electron chi connectivity index (χ3n) is 1.72. The molecule has 0 aliphatic rings. The third-order valence-corrected chi connectivity index (χ3v) is 2.36. The van der Waals surface area contributed by atoms with Crippen LogP contribution in [0.1, 0.15) is 28.2 Å². The van der Waals surface area contributed by atoms with Gasteiger partial charge < -0.3 is 4.74 Å². The van der Waals surface area contributed by atoms with E-state index in [4.69, 9.17) is 5.26 Å². The molecule has 0 saturated heterocycles. The van der Waals surface area contributed by atoms with Crippen LogP contribution in [0.5, 0.6) is 0 Å². The van der Waals surface area contributed by atoms with E-state index in [9.17, 15) is 13.6 Å². The number of rotatable bonds is 2. The van der Waals surface area contributed by atoms with E-state index < -0.39 is 18.1 Å². The third kappa shape index (κ3) is 2.33. The normalized spacial score (nSPS) is 10.0. The second-order valence-corrected chi connectivity index (χ2v) is 3.51. The predicted molar refractivity (Wildman–Crippen MR) is 52.9 cm³/mol. The smallest absolute Gasteiger partial charge is 0.340 e. The minimum absolute atomic E-state index is 0.0399. The fraction of sp³-hybridized carbons (Fsp3) is 0.222. The van der Waals surface area contributed by atoms with Gasteiger partial charge in [-0.15, -0.1) is 0 Å². The second kappa shape index (κ2) is 4.99. The lowest BCUT2D eigenvalue weighted by atomic mass is 10.2. The summed E-state index contributed by atoms with van der Waals surface area (Å²) in [6.45, 7) is 0. The van der Waals surface area contributed by atoms with E-state index in [1.165, 1.54) is 0 Å². The first kappa shape index (κ1) is 12.5. The first-order valence-corrected chi connectivity index (χ1v) is 4.77. The van der Waals surface area contributed by atoms with Crippen molar-refractivity contribution in [3.8, 4) is 6.07 Å². The number of nitriles is 1. The molecule has 0 fully saturated rings. The fourth-order valence-corrected chi connectivity index (χ4v) is 1.50. The van der Waals surface area contributed by atoms with E-state index in [2.05, 4.69) is 25.7 Å². The molecule has 0 aliphatic heterocycles. The molecule has 0 aliphatic carbocycles. The van der Waals surface area contributed by atoms with Gasteiger partial charge in [0, 0.05) is 4.47 Å². The number of ether oxygens (including phenoxy) is 1. The summed E-state index contributed by atoms with van der Waals surface area (Å²) in [6.07, 6.45) is -2.83. The molecule has 0 spiro atoms. The molecule has 84 valence electrons. The Labute approximate surface area is 98.0 Å². The summed E-state index contributed by atoms with van der Waals surface area (Å²) in [5.74, 6) is -0.800. The van der Waals surface area contributed by atoms with Crippen molar-refractivity contribution in [3.05, 3.63) is 27.5 Å². The molecular weight excluding hydrogens is 286 g/mol. The summed E-state index contributed by atoms with van der Waals surface area (Å²) in [5, 5.41) is 8.68. The van der Waals surface area contributed by atoms with Crippen LogP contribution in [0.25, 0.3) is 0 Å². The van der Waals surface area contributed by atoms with E-state index in [1.54, 1.807) is 6.07 Å². The molecule has 0 atom stereocenters. The number of esters is 1. The van der Waals surface area contributed by atoms with Gasteiger partial charge in [-0.3, -0.25) is 0 Å². The van der Waals surface area contributed by atoms with Gasteiger partial charge in [0.15, 0.2) is 5.69 Å². The van der Waals surface area contributed by atoms with Gasteiger partial charge in [-0.1, -0.05) is 0 Å². The van der Waals surface area contributed by atoms with Gasteiger partial charge >= 0.3 is 5.97 Å². The molecule has 16 heavy (non-hydrogen) atoms. The largest absolute Gasteiger partial charge is 0.465 e. The van der Waals surface area contributed by atoms with E-state index >= 15 is 0 Å². The van der Waals surface area contributed by atoms with Gasteiger partial charge in [0.2, 0.25) is 0 Å². The molecule has 0 aromatic carbocycles. The number of halogens is 3. The van der Waals surface area contributed by atoms with Crippen molar-refractivity contribution in [2.45, 2.75) is 6.43 Å². The quantitative estimate of drug-likeness (QED) is 0.785. The Balaban J connectivity index is 3.39. The molecular formula is C9H5BrF2N2O2. The lowest BCUT2D eigenvalue weighted by Gasteiger charge is -2.06. The summed E-state index contributed by atoms with van der Waals surface area (Å²) >= 11 is 2.85. The van der Waals surface area contributed by atoms with E-state index in [-0.39, 0.29) is 15.7 Å². The summed E-state index contributed by atoms with van der Waals surface area (Å²) in [5.41, 5.74) is -1.11. The maximum absolute atomic E-state index is 12.4. The van der Waals surface area contributed by atoms with E-state index in [0.717, 1.165) is 13.2 Å². The van der Waals surface area contributed by atoms with Crippen molar-refractivity contribution in [1.82, 2.24) is 4.98 Å². The Hall–Kier alpha value is -1.55. The van der Waals surface area contributed by atoms with Crippen LogP contribution < -0.4 is 0 Å². The lowest BCUT2D eigenvalue weighted by Crippen LogP contribution is -2.08. The van der Waals surface area contributed by atoms with Crippen molar-refractivity contribution < 1.29 is 18.3 Å². The van der Waals surface area contributed by atoms with Gasteiger partial charge in [0.1, 0.15) is 11.8 Å². The maximum Gasteiger partial charge on any atom is 0.340 e. The number of nitrogens with zero attached hydrogens (tertiary/aromatic N) is 2. The zero-order valence-electron chi connectivity index (χ0n) is 8.00. The van der Waals surface area contributed by atoms with Crippen molar-refractivity contribution in [2.24, 2.45) is 0 Å². The van der Waals surface area contributed by atoms with Gasteiger partial charge in [-0.05, 0) is 22.0 Å². The zero-order valence-corrected chi connectivity index (χ0v) is 9.59. The fourth-order valence-electron chi connectivity index (χ4n) is 1.01. The molecule has 1 aromatic heterocycles. The van der Waals surface area contributed by atoms with Gasteiger partial charge in [-0.2, -0.15) is 5.26 Å². The monoisotopic (exact) mass is 290 g/mol. The highest BCUT2D eigenvalue weighted by Gasteiger charge is 2.21. The van der Waals surface area contributed by atoms with Crippen LogP contribution in [0, 0.1) is 11.3 Å². The highest BCUT2D eigenvalue weighted by atomic mass is 79.9. The number of pyridine rings is 1. The molecule has 0 saturated carbocycles. The Morgan fingerprint density at radius 2 is 2.31 bits per heavy atom. The average molecular weight is 291 g/mol. The summed E-state index contributed by atoms with van der Waals surface area (Å²) < 4.78 is 29.2. The first-order valence-electron chi connectivity index (χ1n) is 3.98. The summed E-state index contributed by atoms with van der Waals surface area (Å²) in [4.78, 5) is 14.6. The van der Waals surface area contributed by atoms with Gasteiger partial charge in [0.05, 0.1) is 12.7 Å². The van der Waals surface area contributed by atoms with Crippen molar-refractivity contribution in [1.29, 1.82) is 5.26 Å². The molecule has 0 amide bonds. The highest BCUT2D eigenvalue weighted by Crippen LogP contribution is 2.27. The zero-order chi connectivity index (χ0) is 12.3. The summed E-state index contributed by atoms with van der Waals surface area (Å²) in [6, 6.07) is 2.66. The number of carbonyl (C=O) groups is 1. The van der Waals surface area contributed by atoms with Crippen LogP contribution in [0.2, 0.25) is 0 Å². The van der Waals surface area contributed by atoms with Crippen LogP contribution >= 0.6 is 15.9 Å². The molecule has 1 heterocycles. The lowest BCUT2D eigenvalue weighted by molar-refractivity contribution is 0.0599. The summed E-state index contributed by atoms with van der Waals surface area (Å²) in [7, 11) is 1.12. The Morgan fingerprint density at radius 3 is 2.75 bits per heavy atom. The molecule has 0 radical (unpaired) electrons. The number of methoxy groups -OCH3 is 1. The molecule has 7 heteroatoms. The Kier molecular flexibility index (Phi) is 3.90. The number of carbonyl (C=O) groups excluding carboxylic acids is 1. The van der Waals surface area contributed by atoms with Crippen molar-refractivity contribution in [3.63, 3.8) is 0 Å². The number of alkyl halides is 2. The van der Waals surface area contributed by atoms with Gasteiger partial charge in [0.25, 0.3) is 6.43 Å². The number of hydrogen-bond donors (Lipinski definition) is 0. The topological polar surface area (TPSA) is 63.0 Å². The molecule has 1 aromatic rings. The molecule has 4 nitrogen and oxygen atoms in total. The Morgan fingerprint density at radius 1 is 1.69 bits per heavy atom. The van der Waals surface area contributed by atoms with Crippen LogP contribution in [-0.4, -0.2) is 18.1 Å². The Bertz CT molecular complexity index is 471. The number of aromatic nitrogens is 1.